The lowest BCUT2D eigenvalue weighted by molar-refractivity contribution is -0.118. The van der Waals surface area contributed by atoms with E-state index in [0.717, 1.165) is 25.3 Å². The Morgan fingerprint density at radius 2 is 2.00 bits per heavy atom. The summed E-state index contributed by atoms with van der Waals surface area (Å²) in [6, 6.07) is 9.27. The maximum atomic E-state index is 14.2. The van der Waals surface area contributed by atoms with Gasteiger partial charge in [0.2, 0.25) is 0 Å². The Hall–Kier alpha value is -3.76. The number of benzene rings is 2. The largest absolute Gasteiger partial charge is 0.483 e. The molecule has 7 nitrogen and oxygen atoms in total. The zero-order chi connectivity index (χ0) is 23.8. The predicted octanol–water partition coefficient (Wildman–Crippen LogP) is 6.13. The fourth-order valence-corrected chi connectivity index (χ4v) is 5.39. The zero-order valence-electron chi connectivity index (χ0n) is 18.1. The number of ether oxygens (including phenoxy) is 1. The van der Waals surface area contributed by atoms with E-state index < -0.39 is 17.6 Å². The summed E-state index contributed by atoms with van der Waals surface area (Å²) in [7, 11) is 0. The number of aryl methyl sites for hydroxylation is 2. The van der Waals surface area contributed by atoms with Crippen LogP contribution in [0.3, 0.4) is 0 Å². The van der Waals surface area contributed by atoms with Gasteiger partial charge in [-0.2, -0.15) is 0 Å². The van der Waals surface area contributed by atoms with Crippen LogP contribution in [-0.4, -0.2) is 23.4 Å². The third-order valence-corrected chi connectivity index (χ3v) is 6.97. The van der Waals surface area contributed by atoms with Crippen LogP contribution in [0.1, 0.15) is 21.1 Å². The average Bonchev–Trinajstić information content (AvgIpc) is 3.53. The summed E-state index contributed by atoms with van der Waals surface area (Å²) in [5, 5.41) is 9.00. The van der Waals surface area contributed by atoms with Gasteiger partial charge in [-0.25, -0.2) is 9.37 Å². The Morgan fingerprint density at radius 1 is 1.15 bits per heavy atom. The van der Waals surface area contributed by atoms with E-state index in [1.165, 1.54) is 30.5 Å². The number of thiophene rings is 1. The second-order valence-corrected chi connectivity index (χ2v) is 9.64. The maximum absolute atomic E-state index is 14.2. The number of nitrogens with zero attached hydrogens (tertiary/aromatic N) is 1. The minimum absolute atomic E-state index is 0.0599. The number of carbonyl (C=O) groups is 2. The highest BCUT2D eigenvalue weighted by Gasteiger charge is 2.16. The lowest BCUT2D eigenvalue weighted by atomic mass is 10.2. The SMILES string of the molecule is Cc1nc2c(cc(OCC(=O)Nc3ccc(F)c(NC(=O)c4ccoc4C)c3)c3ccsc32)s1. The quantitative estimate of drug-likeness (QED) is 0.296. The molecule has 34 heavy (non-hydrogen) atoms. The molecule has 0 radical (unpaired) electrons. The zero-order valence-corrected chi connectivity index (χ0v) is 19.7. The highest BCUT2D eigenvalue weighted by Crippen LogP contribution is 2.38. The van der Waals surface area contributed by atoms with Crippen molar-refractivity contribution < 1.29 is 23.1 Å². The van der Waals surface area contributed by atoms with Crippen LogP contribution in [0.5, 0.6) is 5.75 Å². The molecular formula is C24H18FN3O4S2. The minimum Gasteiger partial charge on any atom is -0.483 e. The molecule has 0 fully saturated rings. The summed E-state index contributed by atoms with van der Waals surface area (Å²) in [5.41, 5.74) is 1.50. The van der Waals surface area contributed by atoms with Crippen molar-refractivity contribution in [1.82, 2.24) is 4.98 Å². The topological polar surface area (TPSA) is 93.5 Å². The molecule has 172 valence electrons. The van der Waals surface area contributed by atoms with Gasteiger partial charge in [-0.1, -0.05) is 0 Å². The van der Waals surface area contributed by atoms with Gasteiger partial charge < -0.3 is 19.8 Å². The van der Waals surface area contributed by atoms with E-state index in [-0.39, 0.29) is 12.3 Å². The normalized spacial score (nSPS) is 11.1. The van der Waals surface area contributed by atoms with Crippen LogP contribution in [0.25, 0.3) is 20.3 Å². The van der Waals surface area contributed by atoms with E-state index in [0.29, 0.717) is 22.8 Å². The minimum atomic E-state index is -0.628. The van der Waals surface area contributed by atoms with Crippen LogP contribution in [0.15, 0.2) is 52.5 Å². The average molecular weight is 496 g/mol. The maximum Gasteiger partial charge on any atom is 0.262 e. The third-order valence-electron chi connectivity index (χ3n) is 5.13. The summed E-state index contributed by atoms with van der Waals surface area (Å²) < 4.78 is 27.2. The van der Waals surface area contributed by atoms with Crippen molar-refractivity contribution in [3.05, 3.63) is 70.2 Å². The van der Waals surface area contributed by atoms with Crippen molar-refractivity contribution in [3.8, 4) is 5.75 Å². The molecule has 0 saturated carbocycles. The van der Waals surface area contributed by atoms with E-state index >= 15 is 0 Å². The standard InChI is InChI=1S/C24H18FN3O4S2/c1-12-15(5-7-31-12)24(30)28-18-9-14(3-4-17(18)25)27-21(29)11-32-19-10-20-22(26-13(2)34-20)23-16(19)6-8-33-23/h3-10H,11H2,1-2H3,(H,27,29)(H,28,30). The van der Waals surface area contributed by atoms with E-state index in [1.54, 1.807) is 29.6 Å². The lowest BCUT2D eigenvalue weighted by Gasteiger charge is -2.11. The first-order valence-corrected chi connectivity index (χ1v) is 11.9. The molecule has 0 aliphatic rings. The molecule has 5 rings (SSSR count). The van der Waals surface area contributed by atoms with E-state index in [9.17, 15) is 14.0 Å². The number of halogens is 1. The highest BCUT2D eigenvalue weighted by molar-refractivity contribution is 7.21. The molecule has 0 atom stereocenters. The predicted molar refractivity (Wildman–Crippen MR) is 132 cm³/mol. The molecule has 0 aliphatic heterocycles. The first-order chi connectivity index (χ1) is 16.4. The Morgan fingerprint density at radius 3 is 2.79 bits per heavy atom. The molecule has 0 saturated heterocycles. The van der Waals surface area contributed by atoms with E-state index in [1.807, 2.05) is 24.4 Å². The van der Waals surface area contributed by atoms with Crippen LogP contribution in [0, 0.1) is 19.7 Å². The second kappa shape index (κ2) is 8.88. The highest BCUT2D eigenvalue weighted by atomic mass is 32.1. The Balaban J connectivity index is 1.28. The number of amides is 2. The van der Waals surface area contributed by atoms with Crippen molar-refractivity contribution in [2.45, 2.75) is 13.8 Å². The van der Waals surface area contributed by atoms with Gasteiger partial charge in [0.1, 0.15) is 17.3 Å². The number of anilines is 2. The van der Waals surface area contributed by atoms with Gasteiger partial charge in [-0.3, -0.25) is 9.59 Å². The van der Waals surface area contributed by atoms with Gasteiger partial charge in [0.15, 0.2) is 6.61 Å². The molecule has 2 N–H and O–H groups in total. The van der Waals surface area contributed by atoms with Crippen LogP contribution >= 0.6 is 22.7 Å². The summed E-state index contributed by atoms with van der Waals surface area (Å²) in [6.45, 7) is 3.36. The van der Waals surface area contributed by atoms with Gasteiger partial charge in [0, 0.05) is 17.1 Å². The molecular weight excluding hydrogens is 477 g/mol. The van der Waals surface area contributed by atoms with Crippen molar-refractivity contribution >= 4 is 66.2 Å². The molecule has 0 bridgehead atoms. The smallest absolute Gasteiger partial charge is 0.262 e. The van der Waals surface area contributed by atoms with Gasteiger partial charge in [-0.05, 0) is 49.6 Å². The first-order valence-electron chi connectivity index (χ1n) is 10.2. The van der Waals surface area contributed by atoms with Gasteiger partial charge in [0.25, 0.3) is 11.8 Å². The second-order valence-electron chi connectivity index (χ2n) is 7.49. The Bertz CT molecular complexity index is 1550. The molecule has 2 aromatic carbocycles. The summed E-state index contributed by atoms with van der Waals surface area (Å²) in [5.74, 6) is -0.531. The van der Waals surface area contributed by atoms with Crippen molar-refractivity contribution in [3.63, 3.8) is 0 Å². The van der Waals surface area contributed by atoms with E-state index in [4.69, 9.17) is 9.15 Å². The molecule has 0 unspecified atom stereocenters. The molecule has 10 heteroatoms. The number of thiazole rings is 1. The number of aromatic nitrogens is 1. The fourth-order valence-electron chi connectivity index (χ4n) is 3.56. The molecule has 3 aromatic heterocycles. The van der Waals surface area contributed by atoms with E-state index in [2.05, 4.69) is 15.6 Å². The monoisotopic (exact) mass is 495 g/mol. The molecule has 5 aromatic rings. The summed E-state index contributed by atoms with van der Waals surface area (Å²) in [4.78, 5) is 29.5. The fraction of sp³-hybridized carbons (Fsp3) is 0.125. The molecule has 2 amide bonds. The number of rotatable bonds is 6. The lowest BCUT2D eigenvalue weighted by Crippen LogP contribution is -2.20. The van der Waals surface area contributed by atoms with Gasteiger partial charge >= 0.3 is 0 Å². The van der Waals surface area contributed by atoms with Crippen molar-refractivity contribution in [2.75, 3.05) is 17.2 Å². The summed E-state index contributed by atoms with van der Waals surface area (Å²) >= 11 is 3.14. The number of hydrogen-bond acceptors (Lipinski definition) is 7. The Labute approximate surface area is 201 Å². The number of nitrogens with one attached hydrogen (secondary N) is 2. The molecule has 3 heterocycles. The number of carbonyl (C=O) groups excluding carboxylic acids is 2. The van der Waals surface area contributed by atoms with Crippen LogP contribution in [0.2, 0.25) is 0 Å². The number of fused-ring (bicyclic) bond motifs is 3. The van der Waals surface area contributed by atoms with Crippen LogP contribution < -0.4 is 15.4 Å². The van der Waals surface area contributed by atoms with Crippen molar-refractivity contribution in [1.29, 1.82) is 0 Å². The van der Waals surface area contributed by atoms with Gasteiger partial charge in [-0.15, -0.1) is 22.7 Å². The molecule has 0 aliphatic carbocycles. The Kier molecular flexibility index (Phi) is 5.76. The van der Waals surface area contributed by atoms with Crippen molar-refractivity contribution in [2.24, 2.45) is 0 Å². The number of hydrogen-bond donors (Lipinski definition) is 2. The number of furan rings is 1. The van der Waals surface area contributed by atoms with Gasteiger partial charge in [0.05, 0.1) is 37.4 Å². The first kappa shape index (κ1) is 22.1. The van der Waals surface area contributed by atoms with Crippen LogP contribution in [0.4, 0.5) is 15.8 Å². The van der Waals surface area contributed by atoms with Crippen LogP contribution in [-0.2, 0) is 4.79 Å². The summed E-state index contributed by atoms with van der Waals surface area (Å²) in [6.07, 6.45) is 1.38. The third kappa shape index (κ3) is 4.25. The molecule has 0 spiro atoms.